The molecule has 2 heterocycles. The van der Waals surface area contributed by atoms with Crippen LogP contribution in [0.25, 0.3) is 0 Å². The topological polar surface area (TPSA) is 75.7 Å². The van der Waals surface area contributed by atoms with Crippen molar-refractivity contribution in [3.63, 3.8) is 0 Å². The average molecular weight is 407 g/mol. The van der Waals surface area contributed by atoms with Crippen LogP contribution in [-0.2, 0) is 21.2 Å². The molecule has 2 atom stereocenters. The molecule has 1 aromatic carbocycles. The van der Waals surface area contributed by atoms with E-state index in [1.165, 1.54) is 6.08 Å². The van der Waals surface area contributed by atoms with E-state index in [4.69, 9.17) is 4.74 Å². The molecule has 6 nitrogen and oxygen atoms in total. The first-order valence-corrected chi connectivity index (χ1v) is 11.3. The van der Waals surface area contributed by atoms with E-state index >= 15 is 0 Å². The lowest BCUT2D eigenvalue weighted by atomic mass is 9.94. The van der Waals surface area contributed by atoms with Crippen molar-refractivity contribution in [3.8, 4) is 5.75 Å². The van der Waals surface area contributed by atoms with Crippen LogP contribution >= 0.6 is 0 Å². The Morgan fingerprint density at radius 3 is 2.54 bits per heavy atom. The maximum Gasteiger partial charge on any atom is 0.243 e. The summed E-state index contributed by atoms with van der Waals surface area (Å²) in [5.74, 6) is 0.542. The molecule has 0 radical (unpaired) electrons. The number of carbonyl (C=O) groups is 1. The number of hydrogen-bond acceptors (Lipinski definition) is 4. The molecule has 2 unspecified atom stereocenters. The predicted octanol–water partition coefficient (Wildman–Crippen LogP) is 3.02. The SMILES string of the molecule is C=CC(=O)NC1CC(C)N(S(=O)(=O)c2ccc3c(c2)CCC(C)(C)O3)C(C)C1. The molecule has 2 aliphatic heterocycles. The molecule has 1 aromatic rings. The Kier molecular flexibility index (Phi) is 5.60. The third-order valence-electron chi connectivity index (χ3n) is 5.64. The fraction of sp³-hybridized carbons (Fsp3) is 0.571. The quantitative estimate of drug-likeness (QED) is 0.780. The van der Waals surface area contributed by atoms with E-state index in [1.54, 1.807) is 22.5 Å². The maximum atomic E-state index is 13.4. The number of benzene rings is 1. The summed E-state index contributed by atoms with van der Waals surface area (Å²) < 4.78 is 34.3. The molecular weight excluding hydrogens is 376 g/mol. The number of ether oxygens (including phenoxy) is 1. The summed E-state index contributed by atoms with van der Waals surface area (Å²) in [5.41, 5.74) is 0.711. The van der Waals surface area contributed by atoms with E-state index in [0.29, 0.717) is 17.7 Å². The third-order valence-corrected chi connectivity index (χ3v) is 7.77. The van der Waals surface area contributed by atoms with E-state index in [0.717, 1.165) is 24.2 Å². The van der Waals surface area contributed by atoms with Gasteiger partial charge in [0.15, 0.2) is 0 Å². The van der Waals surface area contributed by atoms with Gasteiger partial charge in [-0.3, -0.25) is 4.79 Å². The zero-order valence-electron chi connectivity index (χ0n) is 17.1. The van der Waals surface area contributed by atoms with Crippen molar-refractivity contribution >= 4 is 15.9 Å². The van der Waals surface area contributed by atoms with E-state index in [-0.39, 0.29) is 29.6 Å². The van der Waals surface area contributed by atoms with E-state index in [2.05, 4.69) is 11.9 Å². The van der Waals surface area contributed by atoms with Crippen LogP contribution in [0.4, 0.5) is 0 Å². The predicted molar refractivity (Wildman–Crippen MR) is 109 cm³/mol. The van der Waals surface area contributed by atoms with Crippen molar-refractivity contribution in [1.29, 1.82) is 0 Å². The lowest BCUT2D eigenvalue weighted by molar-refractivity contribution is -0.117. The van der Waals surface area contributed by atoms with Gasteiger partial charge in [-0.2, -0.15) is 4.31 Å². The molecule has 0 aliphatic carbocycles. The number of rotatable bonds is 4. The van der Waals surface area contributed by atoms with Crippen molar-refractivity contribution in [2.75, 3.05) is 0 Å². The van der Waals surface area contributed by atoms with Gasteiger partial charge >= 0.3 is 0 Å². The van der Waals surface area contributed by atoms with Crippen LogP contribution in [0, 0.1) is 0 Å². The number of nitrogens with zero attached hydrogens (tertiary/aromatic N) is 1. The second-order valence-corrected chi connectivity index (χ2v) is 10.4. The van der Waals surface area contributed by atoms with Gasteiger partial charge in [-0.15, -0.1) is 0 Å². The number of piperidine rings is 1. The molecular formula is C21H30N2O4S. The van der Waals surface area contributed by atoms with E-state index in [1.807, 2.05) is 27.7 Å². The molecule has 1 N–H and O–H groups in total. The van der Waals surface area contributed by atoms with Crippen LogP contribution in [0.3, 0.4) is 0 Å². The van der Waals surface area contributed by atoms with Crippen molar-refractivity contribution in [2.24, 2.45) is 0 Å². The van der Waals surface area contributed by atoms with Crippen LogP contribution in [0.2, 0.25) is 0 Å². The summed E-state index contributed by atoms with van der Waals surface area (Å²) in [5, 5.41) is 2.89. The van der Waals surface area contributed by atoms with Gasteiger partial charge in [-0.1, -0.05) is 6.58 Å². The van der Waals surface area contributed by atoms with Crippen molar-refractivity contribution in [3.05, 3.63) is 36.4 Å². The summed E-state index contributed by atoms with van der Waals surface area (Å²) >= 11 is 0. The first kappa shape index (κ1) is 20.9. The second-order valence-electron chi connectivity index (χ2n) is 8.55. The molecule has 1 amide bonds. The lowest BCUT2D eigenvalue weighted by Crippen LogP contribution is -2.54. The fourth-order valence-corrected chi connectivity index (χ4v) is 6.23. The molecule has 7 heteroatoms. The molecule has 0 bridgehead atoms. The molecule has 1 saturated heterocycles. The number of carbonyl (C=O) groups excluding carboxylic acids is 1. The second kappa shape index (κ2) is 7.52. The Morgan fingerprint density at radius 1 is 1.29 bits per heavy atom. The van der Waals surface area contributed by atoms with Crippen LogP contribution in [-0.4, -0.2) is 42.4 Å². The number of nitrogens with one attached hydrogen (secondary N) is 1. The molecule has 3 rings (SSSR count). The van der Waals surface area contributed by atoms with Gasteiger partial charge in [0, 0.05) is 18.1 Å². The Labute approximate surface area is 168 Å². The molecule has 154 valence electrons. The van der Waals surface area contributed by atoms with Gasteiger partial charge in [0.05, 0.1) is 4.90 Å². The first-order chi connectivity index (χ1) is 13.0. The summed E-state index contributed by atoms with van der Waals surface area (Å²) in [4.78, 5) is 11.9. The third kappa shape index (κ3) is 4.10. The van der Waals surface area contributed by atoms with Gasteiger partial charge in [-0.25, -0.2) is 8.42 Å². The van der Waals surface area contributed by atoms with Gasteiger partial charge < -0.3 is 10.1 Å². The standard InChI is InChI=1S/C21H30N2O4S/c1-6-20(24)22-17-11-14(2)23(15(3)12-17)28(25,26)18-7-8-19-16(13-18)9-10-21(4,5)27-19/h6-8,13-15,17H,1,9-12H2,2-5H3,(H,22,24). The lowest BCUT2D eigenvalue weighted by Gasteiger charge is -2.41. The van der Waals surface area contributed by atoms with Crippen molar-refractivity contribution < 1.29 is 17.9 Å². The molecule has 0 spiro atoms. The molecule has 2 aliphatic rings. The number of aryl methyl sites for hydroxylation is 1. The largest absolute Gasteiger partial charge is 0.488 e. The van der Waals surface area contributed by atoms with Gasteiger partial charge in [0.2, 0.25) is 15.9 Å². The summed E-state index contributed by atoms with van der Waals surface area (Å²) in [6, 6.07) is 4.69. The highest BCUT2D eigenvalue weighted by Gasteiger charge is 2.40. The number of sulfonamides is 1. The Bertz CT molecular complexity index is 866. The first-order valence-electron chi connectivity index (χ1n) is 9.82. The van der Waals surface area contributed by atoms with E-state index < -0.39 is 10.0 Å². The smallest absolute Gasteiger partial charge is 0.243 e. The highest BCUT2D eigenvalue weighted by Crippen LogP contribution is 2.36. The summed E-state index contributed by atoms with van der Waals surface area (Å²) in [7, 11) is -3.64. The highest BCUT2D eigenvalue weighted by molar-refractivity contribution is 7.89. The monoisotopic (exact) mass is 406 g/mol. The van der Waals surface area contributed by atoms with Gasteiger partial charge in [-0.05, 0) is 83.2 Å². The Morgan fingerprint density at radius 2 is 1.93 bits per heavy atom. The Hall–Kier alpha value is -1.86. The maximum absolute atomic E-state index is 13.4. The zero-order valence-corrected chi connectivity index (χ0v) is 17.9. The minimum atomic E-state index is -3.64. The highest BCUT2D eigenvalue weighted by atomic mass is 32.2. The van der Waals surface area contributed by atoms with Gasteiger partial charge in [0.1, 0.15) is 11.4 Å². The number of hydrogen-bond donors (Lipinski definition) is 1. The minimum absolute atomic E-state index is 0.0545. The van der Waals surface area contributed by atoms with E-state index in [9.17, 15) is 13.2 Å². The average Bonchev–Trinajstić information content (AvgIpc) is 2.59. The van der Waals surface area contributed by atoms with Gasteiger partial charge in [0.25, 0.3) is 0 Å². The van der Waals surface area contributed by atoms with Crippen LogP contribution in [0.5, 0.6) is 5.75 Å². The fourth-order valence-electron chi connectivity index (χ4n) is 4.33. The molecule has 0 aromatic heterocycles. The molecule has 1 fully saturated rings. The zero-order chi connectivity index (χ0) is 20.7. The van der Waals surface area contributed by atoms with Crippen LogP contribution in [0.1, 0.15) is 52.5 Å². The molecule has 28 heavy (non-hydrogen) atoms. The summed E-state index contributed by atoms with van der Waals surface area (Å²) in [6.07, 6.45) is 4.04. The van der Waals surface area contributed by atoms with Crippen LogP contribution < -0.4 is 10.1 Å². The summed E-state index contributed by atoms with van der Waals surface area (Å²) in [6.45, 7) is 11.3. The van der Waals surface area contributed by atoms with Crippen molar-refractivity contribution in [2.45, 2.75) is 82.0 Å². The number of fused-ring (bicyclic) bond motifs is 1. The van der Waals surface area contributed by atoms with Crippen LogP contribution in [0.15, 0.2) is 35.7 Å². The number of amides is 1. The minimum Gasteiger partial charge on any atom is -0.488 e. The molecule has 0 saturated carbocycles. The normalized spacial score (nSPS) is 27.4. The Balaban J connectivity index is 1.83. The van der Waals surface area contributed by atoms with Crippen molar-refractivity contribution in [1.82, 2.24) is 9.62 Å².